The zero-order chi connectivity index (χ0) is 22.9. The van der Waals surface area contributed by atoms with Gasteiger partial charge in [0.2, 0.25) is 0 Å². The zero-order valence-corrected chi connectivity index (χ0v) is 18.0. The van der Waals surface area contributed by atoms with Gasteiger partial charge < -0.3 is 15.6 Å². The molecule has 4 aromatic rings. The molecule has 3 aromatic carbocycles. The summed E-state index contributed by atoms with van der Waals surface area (Å²) in [5.74, 6) is -0.306. The van der Waals surface area contributed by atoms with Crippen molar-refractivity contribution in [2.75, 3.05) is 0 Å². The van der Waals surface area contributed by atoms with E-state index in [9.17, 15) is 9.90 Å². The van der Waals surface area contributed by atoms with E-state index in [0.717, 1.165) is 40.6 Å². The minimum absolute atomic E-state index is 0.0357. The van der Waals surface area contributed by atoms with Crippen LogP contribution in [0.15, 0.2) is 66.7 Å². The monoisotopic (exact) mass is 440 g/mol. The van der Waals surface area contributed by atoms with Gasteiger partial charge in [-0.1, -0.05) is 42.5 Å². The first kappa shape index (κ1) is 20.8. The molecule has 0 bridgehead atoms. The lowest BCUT2D eigenvalue weighted by atomic mass is 10.0. The number of nitrogen functional groups attached to an aromatic ring is 1. The smallest absolute Gasteiger partial charge is 0.307 e. The number of hydrogen-bond donors (Lipinski definition) is 3. The number of nitrogens with zero attached hydrogens (tertiary/aromatic N) is 2. The summed E-state index contributed by atoms with van der Waals surface area (Å²) in [4.78, 5) is 11.2. The number of carboxylic acids is 1. The molecule has 1 aliphatic carbocycles. The van der Waals surface area contributed by atoms with Crippen LogP contribution in [-0.4, -0.2) is 26.7 Å². The Hall–Kier alpha value is -4.13. The Morgan fingerprint density at radius 2 is 1.88 bits per heavy atom. The van der Waals surface area contributed by atoms with Crippen LogP contribution in [0.1, 0.15) is 35.7 Å². The lowest BCUT2D eigenvalue weighted by molar-refractivity contribution is -0.136. The van der Waals surface area contributed by atoms with Gasteiger partial charge in [-0.3, -0.25) is 14.9 Å². The second kappa shape index (κ2) is 8.43. The van der Waals surface area contributed by atoms with Crippen LogP contribution in [0.3, 0.4) is 0 Å². The van der Waals surface area contributed by atoms with E-state index in [2.05, 4.69) is 22.9 Å². The molecule has 0 atom stereocenters. The SMILES string of the molecule is N=C(N)c1cccc(-c2ccc3c(c2)c(COc2ccccc2CC(=O)O)nn3C2CC2)c1. The molecule has 0 unspecified atom stereocenters. The van der Waals surface area contributed by atoms with E-state index in [-0.39, 0.29) is 18.9 Å². The number of aliphatic carboxylic acids is 1. The maximum atomic E-state index is 11.2. The topological polar surface area (TPSA) is 114 Å². The number of hydrogen-bond acceptors (Lipinski definition) is 4. The third-order valence-corrected chi connectivity index (χ3v) is 5.86. The predicted molar refractivity (Wildman–Crippen MR) is 127 cm³/mol. The molecule has 1 aliphatic rings. The number of fused-ring (bicyclic) bond motifs is 1. The molecule has 0 radical (unpaired) electrons. The highest BCUT2D eigenvalue weighted by atomic mass is 16.5. The van der Waals surface area contributed by atoms with E-state index in [1.54, 1.807) is 12.1 Å². The summed E-state index contributed by atoms with van der Waals surface area (Å²) in [5.41, 5.74) is 10.8. The van der Waals surface area contributed by atoms with Crippen molar-refractivity contribution in [2.24, 2.45) is 5.73 Å². The highest BCUT2D eigenvalue weighted by Gasteiger charge is 2.27. The van der Waals surface area contributed by atoms with Crippen LogP contribution in [0.2, 0.25) is 0 Å². The van der Waals surface area contributed by atoms with Crippen molar-refractivity contribution in [3.8, 4) is 16.9 Å². The number of carboxylic acid groups (broad SMARTS) is 1. The number of nitrogens with one attached hydrogen (secondary N) is 1. The van der Waals surface area contributed by atoms with Crippen LogP contribution >= 0.6 is 0 Å². The van der Waals surface area contributed by atoms with Gasteiger partial charge in [-0.15, -0.1) is 0 Å². The van der Waals surface area contributed by atoms with Crippen LogP contribution in [0.5, 0.6) is 5.75 Å². The van der Waals surface area contributed by atoms with Crippen molar-refractivity contribution >= 4 is 22.7 Å². The van der Waals surface area contributed by atoms with Gasteiger partial charge in [0.1, 0.15) is 23.9 Å². The maximum absolute atomic E-state index is 11.2. The second-order valence-corrected chi connectivity index (χ2v) is 8.32. The molecular weight excluding hydrogens is 416 g/mol. The Morgan fingerprint density at radius 1 is 1.09 bits per heavy atom. The summed E-state index contributed by atoms with van der Waals surface area (Å²) in [6.45, 7) is 0.240. The summed E-state index contributed by atoms with van der Waals surface area (Å²) >= 11 is 0. The van der Waals surface area contributed by atoms with Crippen molar-refractivity contribution in [3.05, 3.63) is 83.6 Å². The molecule has 0 amide bonds. The van der Waals surface area contributed by atoms with Gasteiger partial charge >= 0.3 is 5.97 Å². The van der Waals surface area contributed by atoms with Crippen molar-refractivity contribution < 1.29 is 14.6 Å². The summed E-state index contributed by atoms with van der Waals surface area (Å²) < 4.78 is 8.13. The molecule has 5 rings (SSSR count). The fraction of sp³-hybridized carbons (Fsp3) is 0.192. The Balaban J connectivity index is 1.51. The first-order valence-corrected chi connectivity index (χ1v) is 10.9. The number of amidine groups is 1. The minimum atomic E-state index is -0.896. The minimum Gasteiger partial charge on any atom is -0.487 e. The van der Waals surface area contributed by atoms with Gasteiger partial charge in [0, 0.05) is 16.5 Å². The van der Waals surface area contributed by atoms with Crippen LogP contribution < -0.4 is 10.5 Å². The van der Waals surface area contributed by atoms with Crippen molar-refractivity contribution in [1.29, 1.82) is 5.41 Å². The van der Waals surface area contributed by atoms with Gasteiger partial charge in [-0.25, -0.2) is 0 Å². The van der Waals surface area contributed by atoms with E-state index in [4.69, 9.17) is 21.0 Å². The largest absolute Gasteiger partial charge is 0.487 e. The predicted octanol–water partition coefficient (Wildman–Crippen LogP) is 4.53. The molecule has 0 aliphatic heterocycles. The van der Waals surface area contributed by atoms with Gasteiger partial charge in [0.05, 0.1) is 18.0 Å². The molecule has 0 spiro atoms. The van der Waals surface area contributed by atoms with E-state index in [0.29, 0.717) is 22.9 Å². The van der Waals surface area contributed by atoms with E-state index in [1.165, 1.54) is 0 Å². The van der Waals surface area contributed by atoms with Gasteiger partial charge in [-0.05, 0) is 48.2 Å². The second-order valence-electron chi connectivity index (χ2n) is 8.32. The molecule has 1 aromatic heterocycles. The number of benzene rings is 3. The maximum Gasteiger partial charge on any atom is 0.307 e. The molecule has 7 heteroatoms. The number of ether oxygens (including phenoxy) is 1. The average Bonchev–Trinajstić information content (AvgIpc) is 3.59. The summed E-state index contributed by atoms with van der Waals surface area (Å²) in [5, 5.41) is 22.8. The lowest BCUT2D eigenvalue weighted by Crippen LogP contribution is -2.10. The molecule has 1 fully saturated rings. The van der Waals surface area contributed by atoms with E-state index < -0.39 is 5.97 Å². The van der Waals surface area contributed by atoms with Crippen molar-refractivity contribution in [2.45, 2.75) is 31.9 Å². The Labute approximate surface area is 190 Å². The fourth-order valence-corrected chi connectivity index (χ4v) is 4.05. The highest BCUT2D eigenvalue weighted by Crippen LogP contribution is 2.38. The summed E-state index contributed by atoms with van der Waals surface area (Å²) in [6.07, 6.45) is 2.13. The first-order valence-electron chi connectivity index (χ1n) is 10.9. The molecular formula is C26H24N4O3. The van der Waals surface area contributed by atoms with Crippen LogP contribution in [0.25, 0.3) is 22.0 Å². The Bertz CT molecular complexity index is 1370. The van der Waals surface area contributed by atoms with Crippen LogP contribution in [0, 0.1) is 5.41 Å². The van der Waals surface area contributed by atoms with Gasteiger partial charge in [0.15, 0.2) is 0 Å². The van der Waals surface area contributed by atoms with Crippen LogP contribution in [0.4, 0.5) is 0 Å². The Kier molecular flexibility index (Phi) is 5.30. The molecule has 33 heavy (non-hydrogen) atoms. The number of rotatable bonds is 8. The van der Waals surface area contributed by atoms with Crippen LogP contribution in [-0.2, 0) is 17.8 Å². The number of para-hydroxylation sites is 1. The third kappa shape index (κ3) is 4.30. The van der Waals surface area contributed by atoms with E-state index in [1.807, 2.05) is 36.4 Å². The average molecular weight is 441 g/mol. The normalized spacial score (nSPS) is 13.2. The molecule has 7 nitrogen and oxygen atoms in total. The quantitative estimate of drug-likeness (QED) is 0.275. The highest BCUT2D eigenvalue weighted by molar-refractivity contribution is 5.96. The van der Waals surface area contributed by atoms with Crippen molar-refractivity contribution in [1.82, 2.24) is 9.78 Å². The zero-order valence-electron chi connectivity index (χ0n) is 18.0. The summed E-state index contributed by atoms with van der Waals surface area (Å²) in [6, 6.07) is 21.5. The first-order chi connectivity index (χ1) is 16.0. The number of aromatic nitrogens is 2. The number of nitrogens with two attached hydrogens (primary N) is 1. The third-order valence-electron chi connectivity index (χ3n) is 5.86. The van der Waals surface area contributed by atoms with Crippen molar-refractivity contribution in [3.63, 3.8) is 0 Å². The lowest BCUT2D eigenvalue weighted by Gasteiger charge is -2.09. The fourth-order valence-electron chi connectivity index (χ4n) is 4.05. The number of carbonyl (C=O) groups is 1. The molecule has 166 valence electrons. The van der Waals surface area contributed by atoms with E-state index >= 15 is 0 Å². The Morgan fingerprint density at radius 3 is 2.64 bits per heavy atom. The molecule has 1 saturated carbocycles. The van der Waals surface area contributed by atoms with Gasteiger partial charge in [0.25, 0.3) is 0 Å². The molecule has 1 heterocycles. The van der Waals surface area contributed by atoms with Gasteiger partial charge in [-0.2, -0.15) is 5.10 Å². The molecule has 4 N–H and O–H groups in total. The molecule has 0 saturated heterocycles. The standard InChI is InChI=1S/C26H24N4O3/c27-26(28)19-6-3-5-16(12-19)17-8-11-23-21(13-17)22(29-30(23)20-9-10-20)15-33-24-7-2-1-4-18(24)14-25(31)32/h1-8,11-13,20H,9-10,14-15H2,(H3,27,28)(H,31,32). The summed E-state index contributed by atoms with van der Waals surface area (Å²) in [7, 11) is 0.